The quantitative estimate of drug-likeness (QED) is 0.591. The number of primary amides is 1. The Bertz CT molecular complexity index is 942. The van der Waals surface area contributed by atoms with E-state index in [2.05, 4.69) is 26.1 Å². The minimum absolute atomic E-state index is 0.0887. The van der Waals surface area contributed by atoms with Gasteiger partial charge in [-0.3, -0.25) is 19.7 Å². The first-order valence-electron chi connectivity index (χ1n) is 9.08. The highest BCUT2D eigenvalue weighted by atomic mass is 32.1. The molecule has 0 aliphatic heterocycles. The molecule has 8 heteroatoms. The van der Waals surface area contributed by atoms with E-state index in [0.717, 1.165) is 29.7 Å². The van der Waals surface area contributed by atoms with E-state index in [9.17, 15) is 19.7 Å². The lowest BCUT2D eigenvalue weighted by Crippen LogP contribution is -2.27. The first kappa shape index (κ1) is 20.0. The number of nitrogens with zero attached hydrogens (tertiary/aromatic N) is 1. The van der Waals surface area contributed by atoms with Crippen LogP contribution in [0.25, 0.3) is 0 Å². The van der Waals surface area contributed by atoms with E-state index in [-0.39, 0.29) is 16.7 Å². The number of nitro benzene ring substituents is 1. The molecule has 2 aromatic rings. The van der Waals surface area contributed by atoms with Crippen molar-refractivity contribution in [3.8, 4) is 0 Å². The van der Waals surface area contributed by atoms with Crippen molar-refractivity contribution in [3.63, 3.8) is 0 Å². The molecule has 1 aliphatic carbocycles. The van der Waals surface area contributed by atoms with E-state index in [0.29, 0.717) is 16.5 Å². The molecule has 7 nitrogen and oxygen atoms in total. The molecule has 0 saturated heterocycles. The van der Waals surface area contributed by atoms with Crippen LogP contribution in [-0.4, -0.2) is 16.7 Å². The Kier molecular flexibility index (Phi) is 5.25. The van der Waals surface area contributed by atoms with Gasteiger partial charge in [0.25, 0.3) is 17.5 Å². The number of nitro groups is 1. The van der Waals surface area contributed by atoms with Gasteiger partial charge in [-0.2, -0.15) is 0 Å². The summed E-state index contributed by atoms with van der Waals surface area (Å²) in [4.78, 5) is 36.0. The van der Waals surface area contributed by atoms with Crippen LogP contribution >= 0.6 is 11.3 Å². The Morgan fingerprint density at radius 3 is 2.43 bits per heavy atom. The van der Waals surface area contributed by atoms with Gasteiger partial charge in [-0.05, 0) is 48.3 Å². The summed E-state index contributed by atoms with van der Waals surface area (Å²) >= 11 is 1.40. The lowest BCUT2D eigenvalue weighted by molar-refractivity contribution is -0.384. The van der Waals surface area contributed by atoms with Gasteiger partial charge in [-0.15, -0.1) is 11.3 Å². The fraction of sp³-hybridized carbons (Fsp3) is 0.400. The number of hydrogen-bond acceptors (Lipinski definition) is 5. The standard InChI is InChI=1S/C20H23N3O4S/c1-20(2,3)12-6-9-14-15(10-12)28-19(16(14)17(21)24)22-18(25)11-4-7-13(8-5-11)23(26)27/h4-5,7-8,12H,6,9-10H2,1-3H3,(H2,21,24)(H,22,25)/t12-/m1/s1. The number of nitrogens with one attached hydrogen (secondary N) is 1. The number of thiophene rings is 1. The van der Waals surface area contributed by atoms with Crippen molar-refractivity contribution in [2.45, 2.75) is 40.0 Å². The molecule has 0 unspecified atom stereocenters. The number of hydrogen-bond donors (Lipinski definition) is 2. The second-order valence-corrected chi connectivity index (χ2v) is 9.24. The minimum Gasteiger partial charge on any atom is -0.365 e. The summed E-state index contributed by atoms with van der Waals surface area (Å²) in [5, 5.41) is 14.0. The van der Waals surface area contributed by atoms with Gasteiger partial charge in [0.1, 0.15) is 5.00 Å². The third kappa shape index (κ3) is 3.91. The van der Waals surface area contributed by atoms with Gasteiger partial charge < -0.3 is 11.1 Å². The minimum atomic E-state index is -0.550. The maximum Gasteiger partial charge on any atom is 0.269 e. The van der Waals surface area contributed by atoms with Crippen LogP contribution in [0.4, 0.5) is 10.7 Å². The molecule has 0 spiro atoms. The van der Waals surface area contributed by atoms with Crippen LogP contribution < -0.4 is 11.1 Å². The molecule has 1 heterocycles. The Morgan fingerprint density at radius 1 is 1.25 bits per heavy atom. The first-order valence-corrected chi connectivity index (χ1v) is 9.89. The van der Waals surface area contributed by atoms with Crippen LogP contribution in [0.3, 0.4) is 0 Å². The summed E-state index contributed by atoms with van der Waals surface area (Å²) in [5.74, 6) is -0.480. The van der Waals surface area contributed by atoms with Crippen LogP contribution in [0.5, 0.6) is 0 Å². The van der Waals surface area contributed by atoms with E-state index < -0.39 is 16.7 Å². The number of anilines is 1. The van der Waals surface area contributed by atoms with Gasteiger partial charge >= 0.3 is 0 Å². The van der Waals surface area contributed by atoms with Crippen molar-refractivity contribution >= 4 is 33.8 Å². The molecule has 3 N–H and O–H groups in total. The monoisotopic (exact) mass is 401 g/mol. The second kappa shape index (κ2) is 7.35. The molecule has 1 atom stereocenters. The Hall–Kier alpha value is -2.74. The fourth-order valence-electron chi connectivity index (χ4n) is 3.58. The SMILES string of the molecule is CC(C)(C)[C@@H]1CCc2c(sc(NC(=O)c3ccc([N+](=O)[O-])cc3)c2C(N)=O)C1. The number of amides is 2. The molecule has 1 aromatic carbocycles. The largest absolute Gasteiger partial charge is 0.365 e. The maximum atomic E-state index is 12.6. The lowest BCUT2D eigenvalue weighted by Gasteiger charge is -2.33. The molecule has 1 aliphatic rings. The number of benzene rings is 1. The van der Waals surface area contributed by atoms with Crippen molar-refractivity contribution < 1.29 is 14.5 Å². The van der Waals surface area contributed by atoms with Crippen LogP contribution in [0, 0.1) is 21.4 Å². The average molecular weight is 401 g/mol. The van der Waals surface area contributed by atoms with Crippen LogP contribution in [0.1, 0.15) is 58.3 Å². The number of nitrogens with two attached hydrogens (primary N) is 1. The molecule has 2 amide bonds. The Balaban J connectivity index is 1.88. The van der Waals surface area contributed by atoms with Crippen molar-refractivity contribution in [1.82, 2.24) is 0 Å². The number of fused-ring (bicyclic) bond motifs is 1. The van der Waals surface area contributed by atoms with Crippen LogP contribution in [0.2, 0.25) is 0 Å². The summed E-state index contributed by atoms with van der Waals surface area (Å²) in [7, 11) is 0. The summed E-state index contributed by atoms with van der Waals surface area (Å²) in [6.07, 6.45) is 2.60. The average Bonchev–Trinajstić information content (AvgIpc) is 2.98. The van der Waals surface area contributed by atoms with Gasteiger partial charge in [-0.25, -0.2) is 0 Å². The van der Waals surface area contributed by atoms with E-state index in [4.69, 9.17) is 5.73 Å². The summed E-state index contributed by atoms with van der Waals surface area (Å²) in [5.41, 5.74) is 7.30. The molecule has 0 bridgehead atoms. The van der Waals surface area contributed by atoms with Crippen molar-refractivity contribution in [3.05, 3.63) is 55.9 Å². The Morgan fingerprint density at radius 2 is 1.89 bits per heavy atom. The van der Waals surface area contributed by atoms with Crippen molar-refractivity contribution in [2.24, 2.45) is 17.1 Å². The van der Waals surface area contributed by atoms with E-state index in [1.165, 1.54) is 35.6 Å². The highest BCUT2D eigenvalue weighted by molar-refractivity contribution is 7.17. The molecule has 1 aromatic heterocycles. The number of rotatable bonds is 4. The zero-order valence-electron chi connectivity index (χ0n) is 16.1. The molecule has 28 heavy (non-hydrogen) atoms. The highest BCUT2D eigenvalue weighted by Gasteiger charge is 2.33. The molecular weight excluding hydrogens is 378 g/mol. The Labute approximate surface area is 167 Å². The van der Waals surface area contributed by atoms with Crippen LogP contribution in [-0.2, 0) is 12.8 Å². The predicted octanol–water partition coefficient (Wildman–Crippen LogP) is 4.16. The van der Waals surface area contributed by atoms with Crippen molar-refractivity contribution in [1.29, 1.82) is 0 Å². The van der Waals surface area contributed by atoms with E-state index in [1.54, 1.807) is 0 Å². The topological polar surface area (TPSA) is 115 Å². The molecule has 0 fully saturated rings. The normalized spacial score (nSPS) is 16.3. The molecule has 3 rings (SSSR count). The fourth-order valence-corrected chi connectivity index (χ4v) is 4.91. The summed E-state index contributed by atoms with van der Waals surface area (Å²) in [6, 6.07) is 5.33. The molecule has 0 radical (unpaired) electrons. The molecule has 148 valence electrons. The lowest BCUT2D eigenvalue weighted by atomic mass is 9.72. The molecular formula is C20H23N3O4S. The van der Waals surface area contributed by atoms with E-state index in [1.807, 2.05) is 0 Å². The van der Waals surface area contributed by atoms with E-state index >= 15 is 0 Å². The number of carbonyl (C=O) groups is 2. The van der Waals surface area contributed by atoms with Crippen LogP contribution in [0.15, 0.2) is 24.3 Å². The number of carbonyl (C=O) groups excluding carboxylic acids is 2. The third-order valence-electron chi connectivity index (χ3n) is 5.30. The number of non-ortho nitro benzene ring substituents is 1. The first-order chi connectivity index (χ1) is 13.1. The van der Waals surface area contributed by atoms with Gasteiger partial charge in [-0.1, -0.05) is 20.8 Å². The van der Waals surface area contributed by atoms with Crippen molar-refractivity contribution in [2.75, 3.05) is 5.32 Å². The van der Waals surface area contributed by atoms with Gasteiger partial charge in [0.2, 0.25) is 0 Å². The maximum absolute atomic E-state index is 12.6. The van der Waals surface area contributed by atoms with Gasteiger partial charge in [0.15, 0.2) is 0 Å². The zero-order valence-corrected chi connectivity index (χ0v) is 16.9. The summed E-state index contributed by atoms with van der Waals surface area (Å²) in [6.45, 7) is 6.63. The third-order valence-corrected chi connectivity index (χ3v) is 6.47. The predicted molar refractivity (Wildman–Crippen MR) is 109 cm³/mol. The molecule has 0 saturated carbocycles. The second-order valence-electron chi connectivity index (χ2n) is 8.14. The zero-order chi connectivity index (χ0) is 20.6. The highest BCUT2D eigenvalue weighted by Crippen LogP contribution is 2.44. The van der Waals surface area contributed by atoms with Gasteiger partial charge in [0, 0.05) is 22.6 Å². The summed E-state index contributed by atoms with van der Waals surface area (Å²) < 4.78 is 0. The van der Waals surface area contributed by atoms with Gasteiger partial charge in [0.05, 0.1) is 10.5 Å². The smallest absolute Gasteiger partial charge is 0.269 e.